The normalized spacial score (nSPS) is 11.4. The Morgan fingerprint density at radius 1 is 1.14 bits per heavy atom. The number of para-hydroxylation sites is 1. The van der Waals surface area contributed by atoms with Gasteiger partial charge in [-0.15, -0.1) is 0 Å². The number of aryl methyl sites for hydroxylation is 1. The molecule has 28 heavy (non-hydrogen) atoms. The van der Waals surface area contributed by atoms with Crippen LogP contribution >= 0.6 is 0 Å². The predicted octanol–water partition coefficient (Wildman–Crippen LogP) is 2.35. The average Bonchev–Trinajstić information content (AvgIpc) is 2.69. The van der Waals surface area contributed by atoms with Crippen molar-refractivity contribution in [2.45, 2.75) is 13.0 Å². The zero-order chi connectivity index (χ0) is 20.7. The number of hydrogen-bond donors (Lipinski definition) is 2. The molecular weight excluding hydrogens is 366 g/mol. The molecule has 0 saturated heterocycles. The van der Waals surface area contributed by atoms with E-state index in [0.29, 0.717) is 16.9 Å². The molecule has 0 aliphatic heterocycles. The lowest BCUT2D eigenvalue weighted by Crippen LogP contribution is -2.38. The second kappa shape index (κ2) is 9.47. The lowest BCUT2D eigenvalue weighted by atomic mass is 10.1. The number of carbonyl (C=O) groups is 2. The minimum Gasteiger partial charge on any atom is -0.496 e. The van der Waals surface area contributed by atoms with Gasteiger partial charge in [-0.1, -0.05) is 24.3 Å². The van der Waals surface area contributed by atoms with Gasteiger partial charge in [0.25, 0.3) is 5.69 Å². The SMILES string of the molecule is COc1ccccc1C(CNC(=O)C(=O)Nc1ccc(C)cc1[N+](=O)[O-])OC. The van der Waals surface area contributed by atoms with E-state index >= 15 is 0 Å². The topological polar surface area (TPSA) is 120 Å². The zero-order valence-corrected chi connectivity index (χ0v) is 15.7. The summed E-state index contributed by atoms with van der Waals surface area (Å²) in [4.78, 5) is 34.7. The molecule has 0 fully saturated rings. The van der Waals surface area contributed by atoms with Gasteiger partial charge in [0.2, 0.25) is 0 Å². The Balaban J connectivity index is 2.04. The van der Waals surface area contributed by atoms with Gasteiger partial charge in [-0.05, 0) is 24.6 Å². The maximum Gasteiger partial charge on any atom is 0.313 e. The van der Waals surface area contributed by atoms with E-state index in [1.807, 2.05) is 0 Å². The number of nitrogens with zero attached hydrogens (tertiary/aromatic N) is 1. The van der Waals surface area contributed by atoms with Gasteiger partial charge in [-0.2, -0.15) is 0 Å². The van der Waals surface area contributed by atoms with Crippen LogP contribution in [0.25, 0.3) is 0 Å². The van der Waals surface area contributed by atoms with E-state index in [4.69, 9.17) is 9.47 Å². The molecule has 0 heterocycles. The molecule has 0 aromatic heterocycles. The minimum atomic E-state index is -1.01. The molecule has 1 unspecified atom stereocenters. The van der Waals surface area contributed by atoms with E-state index in [0.717, 1.165) is 0 Å². The Bertz CT molecular complexity index is 884. The van der Waals surface area contributed by atoms with Gasteiger partial charge in [-0.3, -0.25) is 19.7 Å². The lowest BCUT2D eigenvalue weighted by molar-refractivity contribution is -0.384. The maximum atomic E-state index is 12.1. The third kappa shape index (κ3) is 5.04. The summed E-state index contributed by atoms with van der Waals surface area (Å²) in [6.07, 6.45) is -0.540. The van der Waals surface area contributed by atoms with Gasteiger partial charge in [0.05, 0.1) is 12.0 Å². The summed E-state index contributed by atoms with van der Waals surface area (Å²) in [6.45, 7) is 1.70. The number of carbonyl (C=O) groups excluding carboxylic acids is 2. The minimum absolute atomic E-state index is 0.0130. The second-order valence-corrected chi connectivity index (χ2v) is 5.91. The molecule has 148 valence electrons. The van der Waals surface area contributed by atoms with Crippen molar-refractivity contribution in [1.82, 2.24) is 5.32 Å². The molecule has 0 aliphatic rings. The fourth-order valence-electron chi connectivity index (χ4n) is 2.60. The van der Waals surface area contributed by atoms with Crippen LogP contribution < -0.4 is 15.4 Å². The number of nitrogens with one attached hydrogen (secondary N) is 2. The van der Waals surface area contributed by atoms with E-state index in [9.17, 15) is 19.7 Å². The largest absolute Gasteiger partial charge is 0.496 e. The zero-order valence-electron chi connectivity index (χ0n) is 15.7. The molecule has 0 radical (unpaired) electrons. The first kappa shape index (κ1) is 20.8. The summed E-state index contributed by atoms with van der Waals surface area (Å²) >= 11 is 0. The standard InChI is InChI=1S/C19H21N3O6/c1-12-8-9-14(15(10-12)22(25)26)21-19(24)18(23)20-11-17(28-3)13-6-4-5-7-16(13)27-2/h4-10,17H,11H2,1-3H3,(H,20,23)(H,21,24). The van der Waals surface area contributed by atoms with Crippen LogP contribution in [0.5, 0.6) is 5.75 Å². The van der Waals surface area contributed by atoms with Crippen molar-refractivity contribution in [3.05, 3.63) is 63.7 Å². The molecule has 0 spiro atoms. The summed E-state index contributed by atoms with van der Waals surface area (Å²) < 4.78 is 10.6. The van der Waals surface area contributed by atoms with Crippen molar-refractivity contribution in [2.75, 3.05) is 26.1 Å². The Morgan fingerprint density at radius 2 is 1.86 bits per heavy atom. The van der Waals surface area contributed by atoms with Crippen molar-refractivity contribution in [3.63, 3.8) is 0 Å². The molecule has 0 aliphatic carbocycles. The first-order chi connectivity index (χ1) is 13.4. The third-order valence-electron chi connectivity index (χ3n) is 4.02. The predicted molar refractivity (Wildman–Crippen MR) is 102 cm³/mol. The van der Waals surface area contributed by atoms with Crippen molar-refractivity contribution < 1.29 is 24.0 Å². The highest BCUT2D eigenvalue weighted by Gasteiger charge is 2.22. The molecule has 0 bridgehead atoms. The quantitative estimate of drug-likeness (QED) is 0.427. The molecule has 0 saturated carbocycles. The lowest BCUT2D eigenvalue weighted by Gasteiger charge is -2.18. The van der Waals surface area contributed by atoms with Crippen LogP contribution in [0.15, 0.2) is 42.5 Å². The van der Waals surface area contributed by atoms with E-state index in [2.05, 4.69) is 10.6 Å². The highest BCUT2D eigenvalue weighted by Crippen LogP contribution is 2.27. The number of benzene rings is 2. The van der Waals surface area contributed by atoms with E-state index in [1.165, 1.54) is 26.4 Å². The Labute approximate surface area is 161 Å². The van der Waals surface area contributed by atoms with Gasteiger partial charge < -0.3 is 20.1 Å². The van der Waals surface area contributed by atoms with Crippen LogP contribution in [-0.4, -0.2) is 37.5 Å². The number of nitro groups is 1. The number of methoxy groups -OCH3 is 2. The summed E-state index contributed by atoms with van der Waals surface area (Å²) in [5.41, 5.74) is 1.03. The average molecular weight is 387 g/mol. The number of amides is 2. The molecule has 9 heteroatoms. The molecule has 1 atom stereocenters. The van der Waals surface area contributed by atoms with Crippen molar-refractivity contribution in [3.8, 4) is 5.75 Å². The number of ether oxygens (including phenoxy) is 2. The summed E-state index contributed by atoms with van der Waals surface area (Å²) in [7, 11) is 2.99. The summed E-state index contributed by atoms with van der Waals surface area (Å²) in [5.74, 6) is -1.36. The number of hydrogen-bond acceptors (Lipinski definition) is 6. The van der Waals surface area contributed by atoms with Crippen LogP contribution in [0.1, 0.15) is 17.2 Å². The van der Waals surface area contributed by atoms with Crippen molar-refractivity contribution in [1.29, 1.82) is 0 Å². The van der Waals surface area contributed by atoms with Gasteiger partial charge in [0.1, 0.15) is 17.5 Å². The molecule has 2 aromatic carbocycles. The maximum absolute atomic E-state index is 12.1. The Kier molecular flexibility index (Phi) is 7.05. The first-order valence-corrected chi connectivity index (χ1v) is 8.37. The van der Waals surface area contributed by atoms with E-state index in [1.54, 1.807) is 37.3 Å². The summed E-state index contributed by atoms with van der Waals surface area (Å²) in [6, 6.07) is 11.4. The monoisotopic (exact) mass is 387 g/mol. The highest BCUT2D eigenvalue weighted by atomic mass is 16.6. The molecule has 2 N–H and O–H groups in total. The van der Waals surface area contributed by atoms with Crippen molar-refractivity contribution in [2.24, 2.45) is 0 Å². The number of anilines is 1. The number of nitro benzene ring substituents is 1. The van der Waals surface area contributed by atoms with Gasteiger partial charge in [0, 0.05) is 25.3 Å². The molecule has 2 aromatic rings. The second-order valence-electron chi connectivity index (χ2n) is 5.91. The van der Waals surface area contributed by atoms with Crippen LogP contribution in [0, 0.1) is 17.0 Å². The van der Waals surface area contributed by atoms with Crippen LogP contribution in [0.2, 0.25) is 0 Å². The van der Waals surface area contributed by atoms with E-state index < -0.39 is 22.8 Å². The van der Waals surface area contributed by atoms with Gasteiger partial charge in [-0.25, -0.2) is 0 Å². The number of rotatable bonds is 7. The Morgan fingerprint density at radius 3 is 2.50 bits per heavy atom. The molecule has 2 rings (SSSR count). The van der Waals surface area contributed by atoms with Gasteiger partial charge >= 0.3 is 11.8 Å². The highest BCUT2D eigenvalue weighted by molar-refractivity contribution is 6.39. The van der Waals surface area contributed by atoms with E-state index in [-0.39, 0.29) is 17.9 Å². The molecule has 2 amide bonds. The Hall–Kier alpha value is -3.46. The fraction of sp³-hybridized carbons (Fsp3) is 0.263. The van der Waals surface area contributed by atoms with Crippen LogP contribution in [0.4, 0.5) is 11.4 Å². The van der Waals surface area contributed by atoms with Crippen LogP contribution in [-0.2, 0) is 14.3 Å². The molecular formula is C19H21N3O6. The molecule has 9 nitrogen and oxygen atoms in total. The van der Waals surface area contributed by atoms with Crippen LogP contribution in [0.3, 0.4) is 0 Å². The smallest absolute Gasteiger partial charge is 0.313 e. The first-order valence-electron chi connectivity index (χ1n) is 8.37. The van der Waals surface area contributed by atoms with Crippen molar-refractivity contribution >= 4 is 23.2 Å². The third-order valence-corrected chi connectivity index (χ3v) is 4.02. The fourth-order valence-corrected chi connectivity index (χ4v) is 2.60. The summed E-state index contributed by atoms with van der Waals surface area (Å²) in [5, 5.41) is 15.8. The van der Waals surface area contributed by atoms with Gasteiger partial charge in [0.15, 0.2) is 0 Å².